The third-order valence-corrected chi connectivity index (χ3v) is 3.94. The van der Waals surface area contributed by atoms with E-state index in [9.17, 15) is 9.59 Å². The summed E-state index contributed by atoms with van der Waals surface area (Å²) in [5.74, 6) is 0.622. The van der Waals surface area contributed by atoms with Crippen molar-refractivity contribution in [2.24, 2.45) is 5.92 Å². The molecule has 0 aliphatic heterocycles. The number of rotatable bonds is 11. The number of amides is 1. The number of ether oxygens (including phenoxy) is 1. The molecule has 1 amide bonds. The predicted molar refractivity (Wildman–Crippen MR) is 90.9 cm³/mol. The summed E-state index contributed by atoms with van der Waals surface area (Å²) in [6.07, 6.45) is 3.52. The minimum atomic E-state index is -0.319. The number of hydrogen-bond donors (Lipinski definition) is 1. The first kappa shape index (κ1) is 21.1. The molecule has 1 atom stereocenters. The number of ketones is 1. The molecule has 0 aromatic carbocycles. The van der Waals surface area contributed by atoms with Crippen molar-refractivity contribution in [1.29, 1.82) is 0 Å². The van der Waals surface area contributed by atoms with Gasteiger partial charge in [0.25, 0.3) is 0 Å². The molecule has 0 rings (SSSR count). The quantitative estimate of drug-likeness (QED) is 0.630. The van der Waals surface area contributed by atoms with Gasteiger partial charge in [-0.2, -0.15) is 0 Å². The molecule has 130 valence electrons. The van der Waals surface area contributed by atoms with Gasteiger partial charge in [0.1, 0.15) is 5.78 Å². The molecule has 0 spiro atoms. The lowest BCUT2D eigenvalue weighted by molar-refractivity contribution is -0.126. The van der Waals surface area contributed by atoms with Crippen LogP contribution in [0.25, 0.3) is 0 Å². The van der Waals surface area contributed by atoms with E-state index >= 15 is 0 Å². The average molecular weight is 313 g/mol. The van der Waals surface area contributed by atoms with Crippen molar-refractivity contribution in [1.82, 2.24) is 5.32 Å². The Morgan fingerprint density at radius 3 is 2.23 bits per heavy atom. The Bertz CT molecular complexity index is 361. The summed E-state index contributed by atoms with van der Waals surface area (Å²) < 4.78 is 6.01. The summed E-state index contributed by atoms with van der Waals surface area (Å²) in [5, 5.41) is 2.98. The van der Waals surface area contributed by atoms with E-state index in [4.69, 9.17) is 4.74 Å². The minimum Gasteiger partial charge on any atom is -0.375 e. The lowest BCUT2D eigenvalue weighted by Gasteiger charge is -2.31. The normalized spacial score (nSPS) is 13.8. The zero-order valence-corrected chi connectivity index (χ0v) is 15.5. The molecule has 0 saturated heterocycles. The van der Waals surface area contributed by atoms with E-state index in [1.807, 2.05) is 13.8 Å². The lowest BCUT2D eigenvalue weighted by Crippen LogP contribution is -2.44. The average Bonchev–Trinajstić information content (AvgIpc) is 2.34. The van der Waals surface area contributed by atoms with Gasteiger partial charge in [0.15, 0.2) is 0 Å². The molecule has 0 aromatic heterocycles. The molecule has 4 nitrogen and oxygen atoms in total. The first-order valence-corrected chi connectivity index (χ1v) is 8.42. The van der Waals surface area contributed by atoms with Gasteiger partial charge in [0.05, 0.1) is 5.60 Å². The van der Waals surface area contributed by atoms with Crippen molar-refractivity contribution < 1.29 is 14.3 Å². The zero-order chi connectivity index (χ0) is 17.4. The molecule has 22 heavy (non-hydrogen) atoms. The van der Waals surface area contributed by atoms with Crippen LogP contribution in [-0.4, -0.2) is 29.4 Å². The van der Waals surface area contributed by atoms with Gasteiger partial charge in [-0.1, -0.05) is 20.3 Å². The Hall–Kier alpha value is -0.900. The topological polar surface area (TPSA) is 55.4 Å². The molecule has 4 heteroatoms. The molecule has 0 fully saturated rings. The second-order valence-corrected chi connectivity index (χ2v) is 7.71. The van der Waals surface area contributed by atoms with Crippen LogP contribution in [0.1, 0.15) is 80.6 Å². The summed E-state index contributed by atoms with van der Waals surface area (Å²) in [4.78, 5) is 22.7. The van der Waals surface area contributed by atoms with Crippen LogP contribution in [0.15, 0.2) is 0 Å². The van der Waals surface area contributed by atoms with Crippen molar-refractivity contribution in [2.75, 3.05) is 6.61 Å². The molecular formula is C18H35NO3. The lowest BCUT2D eigenvalue weighted by atomic mass is 9.92. The summed E-state index contributed by atoms with van der Waals surface area (Å²) >= 11 is 0. The number of carbonyl (C=O) groups is 2. The third-order valence-electron chi connectivity index (χ3n) is 3.94. The summed E-state index contributed by atoms with van der Waals surface area (Å²) in [6.45, 7) is 14.8. The second kappa shape index (κ2) is 9.29. The molecule has 1 unspecified atom stereocenters. The fourth-order valence-electron chi connectivity index (χ4n) is 2.42. The molecule has 0 radical (unpaired) electrons. The highest BCUT2D eigenvalue weighted by Gasteiger charge is 2.24. The van der Waals surface area contributed by atoms with Crippen LogP contribution < -0.4 is 5.32 Å². The largest absolute Gasteiger partial charge is 0.375 e. The van der Waals surface area contributed by atoms with Gasteiger partial charge in [0.2, 0.25) is 5.91 Å². The molecule has 0 aliphatic rings. The van der Waals surface area contributed by atoms with Crippen molar-refractivity contribution in [3.63, 3.8) is 0 Å². The van der Waals surface area contributed by atoms with Crippen LogP contribution in [0.3, 0.4) is 0 Å². The SMILES string of the molecule is CCC(C)CC(C)(C)OCCC(C)(C)NC(=O)CCC(C)=O. The van der Waals surface area contributed by atoms with Crippen molar-refractivity contribution in [2.45, 2.75) is 91.7 Å². The Balaban J connectivity index is 4.15. The molecule has 0 aliphatic carbocycles. The van der Waals surface area contributed by atoms with Crippen LogP contribution in [0, 0.1) is 5.92 Å². The highest BCUT2D eigenvalue weighted by Crippen LogP contribution is 2.23. The van der Waals surface area contributed by atoms with E-state index in [0.29, 0.717) is 18.9 Å². The number of Topliss-reactive ketones (excluding diaryl/α,β-unsaturated/α-hetero) is 1. The Kier molecular flexibility index (Phi) is 8.91. The van der Waals surface area contributed by atoms with Crippen molar-refractivity contribution >= 4 is 11.7 Å². The Morgan fingerprint density at radius 2 is 1.73 bits per heavy atom. The Morgan fingerprint density at radius 1 is 1.14 bits per heavy atom. The zero-order valence-electron chi connectivity index (χ0n) is 15.5. The predicted octanol–water partition coefficient (Wildman–Crippen LogP) is 3.87. The van der Waals surface area contributed by atoms with Crippen LogP contribution in [-0.2, 0) is 14.3 Å². The molecule has 1 N–H and O–H groups in total. The van der Waals surface area contributed by atoms with Crippen LogP contribution >= 0.6 is 0 Å². The molecule has 0 heterocycles. The number of nitrogens with one attached hydrogen (secondary N) is 1. The highest BCUT2D eigenvalue weighted by molar-refractivity contribution is 5.83. The smallest absolute Gasteiger partial charge is 0.220 e. The van der Waals surface area contributed by atoms with Gasteiger partial charge in [-0.05, 0) is 53.4 Å². The maximum Gasteiger partial charge on any atom is 0.220 e. The number of hydrogen-bond acceptors (Lipinski definition) is 3. The molecular weight excluding hydrogens is 278 g/mol. The maximum atomic E-state index is 11.8. The Labute approximate surface area is 136 Å². The van der Waals surface area contributed by atoms with Gasteiger partial charge in [0, 0.05) is 25.0 Å². The molecule has 0 bridgehead atoms. The summed E-state index contributed by atoms with van der Waals surface area (Å²) in [5.41, 5.74) is -0.454. The van der Waals surface area contributed by atoms with Gasteiger partial charge >= 0.3 is 0 Å². The fraction of sp³-hybridized carbons (Fsp3) is 0.889. The van der Waals surface area contributed by atoms with E-state index in [-0.39, 0.29) is 29.3 Å². The van der Waals surface area contributed by atoms with E-state index in [1.165, 1.54) is 6.92 Å². The van der Waals surface area contributed by atoms with E-state index in [0.717, 1.165) is 19.3 Å². The van der Waals surface area contributed by atoms with Crippen molar-refractivity contribution in [3.05, 3.63) is 0 Å². The molecule has 0 saturated carbocycles. The van der Waals surface area contributed by atoms with Gasteiger partial charge in [-0.15, -0.1) is 0 Å². The summed E-state index contributed by atoms with van der Waals surface area (Å²) in [6, 6.07) is 0. The second-order valence-electron chi connectivity index (χ2n) is 7.71. The fourth-order valence-corrected chi connectivity index (χ4v) is 2.42. The maximum absolute atomic E-state index is 11.8. The van der Waals surface area contributed by atoms with Gasteiger partial charge in [-0.3, -0.25) is 4.79 Å². The van der Waals surface area contributed by atoms with Crippen LogP contribution in [0.5, 0.6) is 0 Å². The van der Waals surface area contributed by atoms with E-state index in [2.05, 4.69) is 33.0 Å². The van der Waals surface area contributed by atoms with E-state index < -0.39 is 0 Å². The monoisotopic (exact) mass is 313 g/mol. The minimum absolute atomic E-state index is 0.0445. The number of carbonyl (C=O) groups excluding carboxylic acids is 2. The summed E-state index contributed by atoms with van der Waals surface area (Å²) in [7, 11) is 0. The first-order valence-electron chi connectivity index (χ1n) is 8.42. The van der Waals surface area contributed by atoms with Gasteiger partial charge in [-0.25, -0.2) is 0 Å². The standard InChI is InChI=1S/C18H35NO3/c1-8-14(2)13-18(6,7)22-12-11-17(4,5)19-16(21)10-9-15(3)20/h14H,8-13H2,1-7H3,(H,19,21). The molecule has 0 aromatic rings. The van der Waals surface area contributed by atoms with Crippen LogP contribution in [0.4, 0.5) is 0 Å². The van der Waals surface area contributed by atoms with Gasteiger partial charge < -0.3 is 14.8 Å². The van der Waals surface area contributed by atoms with Crippen LogP contribution in [0.2, 0.25) is 0 Å². The van der Waals surface area contributed by atoms with Crippen molar-refractivity contribution in [3.8, 4) is 0 Å². The highest BCUT2D eigenvalue weighted by atomic mass is 16.5. The van der Waals surface area contributed by atoms with E-state index in [1.54, 1.807) is 0 Å². The third kappa shape index (κ3) is 10.8. The first-order chi connectivity index (χ1) is 9.97.